The number of benzene rings is 2. The minimum absolute atomic E-state index is 0.0594. The zero-order valence-electron chi connectivity index (χ0n) is 15.4. The maximum Gasteiger partial charge on any atom is 0.251 e. The Morgan fingerprint density at radius 2 is 1.74 bits per heavy atom. The molecule has 0 atom stereocenters. The third-order valence-corrected chi connectivity index (χ3v) is 4.66. The smallest absolute Gasteiger partial charge is 0.251 e. The molecule has 0 spiro atoms. The first kappa shape index (κ1) is 18.7. The fourth-order valence-electron chi connectivity index (χ4n) is 3.20. The molecule has 1 aliphatic carbocycles. The van der Waals surface area contributed by atoms with Crippen LogP contribution in [0.4, 0.5) is 5.69 Å². The van der Waals surface area contributed by atoms with Crippen LogP contribution in [0.25, 0.3) is 6.08 Å². The number of para-hydroxylation sites is 1. The van der Waals surface area contributed by atoms with Gasteiger partial charge in [0.25, 0.3) is 5.91 Å². The van der Waals surface area contributed by atoms with Crippen molar-refractivity contribution in [3.8, 4) is 5.75 Å². The van der Waals surface area contributed by atoms with Gasteiger partial charge in [0, 0.05) is 28.9 Å². The monoisotopic (exact) mass is 364 g/mol. The van der Waals surface area contributed by atoms with E-state index in [1.54, 1.807) is 37.5 Å². The molecular weight excluding hydrogens is 340 g/mol. The van der Waals surface area contributed by atoms with Gasteiger partial charge in [-0.3, -0.25) is 9.59 Å². The van der Waals surface area contributed by atoms with Gasteiger partial charge in [-0.25, -0.2) is 0 Å². The first-order valence-electron chi connectivity index (χ1n) is 9.19. The van der Waals surface area contributed by atoms with E-state index in [0.717, 1.165) is 18.4 Å². The lowest BCUT2D eigenvalue weighted by molar-refractivity contribution is -0.111. The second-order valence-corrected chi connectivity index (χ2v) is 6.60. The summed E-state index contributed by atoms with van der Waals surface area (Å²) in [6.45, 7) is 0. The summed E-state index contributed by atoms with van der Waals surface area (Å²) >= 11 is 0. The third-order valence-electron chi connectivity index (χ3n) is 4.66. The Kier molecular flexibility index (Phi) is 6.26. The number of rotatable bonds is 6. The van der Waals surface area contributed by atoms with E-state index < -0.39 is 0 Å². The molecule has 1 saturated carbocycles. The van der Waals surface area contributed by atoms with Crippen LogP contribution in [0.5, 0.6) is 5.75 Å². The molecule has 1 aliphatic rings. The summed E-state index contributed by atoms with van der Waals surface area (Å²) in [5, 5.41) is 5.85. The molecule has 27 heavy (non-hydrogen) atoms. The molecule has 0 heterocycles. The SMILES string of the molecule is COc1ccccc1/C=C/C(=O)Nc1ccc(C(=O)NC2CCCC2)cc1. The number of methoxy groups -OCH3 is 1. The van der Waals surface area contributed by atoms with E-state index in [4.69, 9.17) is 4.74 Å². The second kappa shape index (κ2) is 9.03. The van der Waals surface area contributed by atoms with Crippen LogP contribution in [0.1, 0.15) is 41.6 Å². The predicted octanol–water partition coefficient (Wildman–Crippen LogP) is 4.02. The maximum atomic E-state index is 12.2. The first-order chi connectivity index (χ1) is 13.2. The van der Waals surface area contributed by atoms with Crippen molar-refractivity contribution in [2.45, 2.75) is 31.7 Å². The molecule has 140 valence electrons. The number of nitrogens with one attached hydrogen (secondary N) is 2. The Hall–Kier alpha value is -3.08. The highest BCUT2D eigenvalue weighted by molar-refractivity contribution is 6.02. The van der Waals surface area contributed by atoms with Gasteiger partial charge in [-0.2, -0.15) is 0 Å². The van der Waals surface area contributed by atoms with Crippen LogP contribution in [-0.4, -0.2) is 25.0 Å². The molecule has 2 amide bonds. The van der Waals surface area contributed by atoms with E-state index in [9.17, 15) is 9.59 Å². The zero-order chi connectivity index (χ0) is 19.1. The van der Waals surface area contributed by atoms with E-state index in [-0.39, 0.29) is 17.9 Å². The van der Waals surface area contributed by atoms with Gasteiger partial charge < -0.3 is 15.4 Å². The van der Waals surface area contributed by atoms with Crippen molar-refractivity contribution in [3.63, 3.8) is 0 Å². The van der Waals surface area contributed by atoms with Gasteiger partial charge >= 0.3 is 0 Å². The van der Waals surface area contributed by atoms with Crippen LogP contribution < -0.4 is 15.4 Å². The lowest BCUT2D eigenvalue weighted by atomic mass is 10.1. The molecule has 0 unspecified atom stereocenters. The third kappa shape index (κ3) is 5.20. The van der Waals surface area contributed by atoms with Crippen molar-refractivity contribution in [3.05, 3.63) is 65.7 Å². The summed E-state index contributed by atoms with van der Waals surface area (Å²) < 4.78 is 5.26. The molecule has 1 fully saturated rings. The number of amides is 2. The van der Waals surface area contributed by atoms with Gasteiger partial charge in [0.15, 0.2) is 0 Å². The first-order valence-corrected chi connectivity index (χ1v) is 9.19. The average molecular weight is 364 g/mol. The normalized spacial score (nSPS) is 14.3. The quantitative estimate of drug-likeness (QED) is 0.761. The van der Waals surface area contributed by atoms with E-state index in [1.807, 2.05) is 24.3 Å². The molecule has 0 aromatic heterocycles. The maximum absolute atomic E-state index is 12.2. The highest BCUT2D eigenvalue weighted by Crippen LogP contribution is 2.20. The number of carbonyl (C=O) groups excluding carboxylic acids is 2. The molecule has 5 heteroatoms. The molecule has 0 bridgehead atoms. The molecule has 0 aliphatic heterocycles. The van der Waals surface area contributed by atoms with Crippen LogP contribution in [0.2, 0.25) is 0 Å². The lowest BCUT2D eigenvalue weighted by Gasteiger charge is -2.12. The van der Waals surface area contributed by atoms with Gasteiger partial charge in [-0.15, -0.1) is 0 Å². The van der Waals surface area contributed by atoms with E-state index in [2.05, 4.69) is 10.6 Å². The highest BCUT2D eigenvalue weighted by atomic mass is 16.5. The number of carbonyl (C=O) groups is 2. The van der Waals surface area contributed by atoms with E-state index in [0.29, 0.717) is 17.0 Å². The van der Waals surface area contributed by atoms with E-state index >= 15 is 0 Å². The number of hydrogen-bond donors (Lipinski definition) is 2. The summed E-state index contributed by atoms with van der Waals surface area (Å²) in [6.07, 6.45) is 7.63. The number of ether oxygens (including phenoxy) is 1. The van der Waals surface area contributed by atoms with Gasteiger partial charge in [0.2, 0.25) is 5.91 Å². The summed E-state index contributed by atoms with van der Waals surface area (Å²) in [7, 11) is 1.59. The molecule has 5 nitrogen and oxygen atoms in total. The molecule has 0 radical (unpaired) electrons. The van der Waals surface area contributed by atoms with Crippen molar-refractivity contribution in [1.29, 1.82) is 0 Å². The van der Waals surface area contributed by atoms with Gasteiger partial charge in [0.05, 0.1) is 7.11 Å². The molecule has 2 N–H and O–H groups in total. The summed E-state index contributed by atoms with van der Waals surface area (Å²) in [5.41, 5.74) is 2.07. The standard InChI is InChI=1S/C22H24N2O3/c1-27-20-9-5-2-6-16(20)12-15-21(25)23-19-13-10-17(11-14-19)22(26)24-18-7-3-4-8-18/h2,5-6,9-15,18H,3-4,7-8H2,1H3,(H,23,25)(H,24,26)/b15-12+. The van der Waals surface area contributed by atoms with E-state index in [1.165, 1.54) is 18.9 Å². The van der Waals surface area contributed by atoms with Crippen molar-refractivity contribution in [1.82, 2.24) is 5.32 Å². The minimum atomic E-state index is -0.246. The average Bonchev–Trinajstić information content (AvgIpc) is 3.20. The Labute approximate surface area is 159 Å². The lowest BCUT2D eigenvalue weighted by Crippen LogP contribution is -2.32. The van der Waals surface area contributed by atoms with Crippen LogP contribution in [0.3, 0.4) is 0 Å². The summed E-state index contributed by atoms with van der Waals surface area (Å²) in [6, 6.07) is 14.7. The Morgan fingerprint density at radius 3 is 2.44 bits per heavy atom. The largest absolute Gasteiger partial charge is 0.496 e. The molecule has 2 aromatic rings. The second-order valence-electron chi connectivity index (χ2n) is 6.60. The Bertz CT molecular complexity index is 822. The van der Waals surface area contributed by atoms with Crippen molar-refractivity contribution < 1.29 is 14.3 Å². The van der Waals surface area contributed by atoms with Crippen LogP contribution in [0, 0.1) is 0 Å². The molecule has 2 aromatic carbocycles. The number of hydrogen-bond acceptors (Lipinski definition) is 3. The van der Waals surface area contributed by atoms with Crippen LogP contribution in [0.15, 0.2) is 54.6 Å². The molecular formula is C22H24N2O3. The minimum Gasteiger partial charge on any atom is -0.496 e. The predicted molar refractivity (Wildman–Crippen MR) is 107 cm³/mol. The van der Waals surface area contributed by atoms with Gasteiger partial charge in [-0.1, -0.05) is 31.0 Å². The Balaban J connectivity index is 1.56. The zero-order valence-corrected chi connectivity index (χ0v) is 15.4. The van der Waals surface area contributed by atoms with Crippen LogP contribution in [-0.2, 0) is 4.79 Å². The molecule has 0 saturated heterocycles. The van der Waals surface area contributed by atoms with Crippen molar-refractivity contribution >= 4 is 23.6 Å². The fourth-order valence-corrected chi connectivity index (χ4v) is 3.20. The van der Waals surface area contributed by atoms with Crippen molar-refractivity contribution in [2.75, 3.05) is 12.4 Å². The van der Waals surface area contributed by atoms with Gasteiger partial charge in [-0.05, 0) is 49.2 Å². The fraction of sp³-hybridized carbons (Fsp3) is 0.273. The summed E-state index contributed by atoms with van der Waals surface area (Å²) in [4.78, 5) is 24.3. The Morgan fingerprint density at radius 1 is 1.04 bits per heavy atom. The summed E-state index contributed by atoms with van der Waals surface area (Å²) in [5.74, 6) is 0.402. The van der Waals surface area contributed by atoms with Crippen LogP contribution >= 0.6 is 0 Å². The number of anilines is 1. The van der Waals surface area contributed by atoms with Gasteiger partial charge in [0.1, 0.15) is 5.75 Å². The topological polar surface area (TPSA) is 67.4 Å². The van der Waals surface area contributed by atoms with Crippen molar-refractivity contribution in [2.24, 2.45) is 0 Å². The molecule has 3 rings (SSSR count). The highest BCUT2D eigenvalue weighted by Gasteiger charge is 2.17.